The second-order valence-corrected chi connectivity index (χ2v) is 8.76. The number of hydrogen-bond donors (Lipinski definition) is 0. The Morgan fingerprint density at radius 3 is 2.04 bits per heavy atom. The van der Waals surface area contributed by atoms with Crippen molar-refractivity contribution in [3.05, 3.63) is 66.0 Å². The van der Waals surface area contributed by atoms with Crippen LogP contribution in [0, 0.1) is 0 Å². The number of imidazole rings is 1. The van der Waals surface area contributed by atoms with Crippen LogP contribution in [0.4, 0.5) is 0 Å². The Bertz CT molecular complexity index is 824. The van der Waals surface area contributed by atoms with E-state index < -0.39 is 0 Å². The molecule has 0 bridgehead atoms. The summed E-state index contributed by atoms with van der Waals surface area (Å²) in [6, 6.07) is 15.3. The molecule has 1 aromatic heterocycles. The minimum Gasteiger partial charge on any atom is -0.299 e. The van der Waals surface area contributed by atoms with E-state index in [0.29, 0.717) is 11.8 Å². The van der Waals surface area contributed by atoms with Gasteiger partial charge >= 0.3 is 0 Å². The lowest BCUT2D eigenvalue weighted by Gasteiger charge is -2.21. The van der Waals surface area contributed by atoms with Crippen molar-refractivity contribution >= 4 is 30.1 Å². The Kier molecular flexibility index (Phi) is 5.89. The molecule has 0 radical (unpaired) electrons. The highest BCUT2D eigenvalue weighted by atomic mass is 127. The number of rotatable bonds is 5. The van der Waals surface area contributed by atoms with E-state index in [0.717, 1.165) is 11.4 Å². The van der Waals surface area contributed by atoms with E-state index in [-0.39, 0.29) is 0 Å². The van der Waals surface area contributed by atoms with E-state index in [1.165, 1.54) is 21.7 Å². The maximum Gasteiger partial charge on any atom is 0.144 e. The summed E-state index contributed by atoms with van der Waals surface area (Å²) in [7, 11) is 1.73. The SMILES string of the molecule is CC(C)c1cccc(C(C)C)c1-n1ccnc1-c1ccc(SI)cc1. The van der Waals surface area contributed by atoms with E-state index in [9.17, 15) is 0 Å². The second-order valence-electron chi connectivity index (χ2n) is 6.82. The molecule has 3 rings (SSSR count). The monoisotopic (exact) mass is 462 g/mol. The Morgan fingerprint density at radius 1 is 0.920 bits per heavy atom. The molecule has 0 aliphatic rings. The number of nitrogens with zero attached hydrogens (tertiary/aromatic N) is 2. The zero-order chi connectivity index (χ0) is 18.0. The van der Waals surface area contributed by atoms with E-state index in [1.54, 1.807) is 8.93 Å². The standard InChI is InChI=1S/C21H23IN2S/c1-14(2)18-6-5-7-19(15(3)4)20(18)24-13-12-23-21(24)16-8-10-17(25-22)11-9-16/h5-15H,1-4H3. The molecule has 0 saturated carbocycles. The zero-order valence-corrected chi connectivity index (χ0v) is 18.0. The van der Waals surface area contributed by atoms with Gasteiger partial charge in [0.1, 0.15) is 5.82 Å². The minimum atomic E-state index is 0.460. The van der Waals surface area contributed by atoms with Gasteiger partial charge in [0.2, 0.25) is 0 Å². The van der Waals surface area contributed by atoms with Crippen molar-refractivity contribution in [2.75, 3.05) is 0 Å². The smallest absolute Gasteiger partial charge is 0.144 e. The van der Waals surface area contributed by atoms with Gasteiger partial charge in [-0.25, -0.2) is 4.98 Å². The molecule has 0 unspecified atom stereocenters. The Balaban J connectivity index is 2.20. The number of hydrogen-bond acceptors (Lipinski definition) is 2. The molecule has 2 nitrogen and oxygen atoms in total. The largest absolute Gasteiger partial charge is 0.299 e. The van der Waals surface area contributed by atoms with Crippen molar-refractivity contribution in [1.82, 2.24) is 9.55 Å². The van der Waals surface area contributed by atoms with Gasteiger partial charge in [-0.3, -0.25) is 4.57 Å². The van der Waals surface area contributed by atoms with E-state index in [4.69, 9.17) is 0 Å². The van der Waals surface area contributed by atoms with Crippen LogP contribution < -0.4 is 0 Å². The minimum absolute atomic E-state index is 0.460. The fourth-order valence-corrected chi connectivity index (χ4v) is 4.26. The quantitative estimate of drug-likeness (QED) is 0.373. The van der Waals surface area contributed by atoms with Crippen LogP contribution in [0.25, 0.3) is 17.1 Å². The third-order valence-corrected chi connectivity index (χ3v) is 6.40. The predicted octanol–water partition coefficient (Wildman–Crippen LogP) is 7.23. The zero-order valence-electron chi connectivity index (χ0n) is 15.0. The van der Waals surface area contributed by atoms with Gasteiger partial charge in [0, 0.05) is 44.1 Å². The van der Waals surface area contributed by atoms with Crippen molar-refractivity contribution in [3.63, 3.8) is 0 Å². The Hall–Kier alpha value is -1.27. The average Bonchev–Trinajstić information content (AvgIpc) is 3.10. The summed E-state index contributed by atoms with van der Waals surface area (Å²) in [5, 5.41) is 0. The molecule has 0 amide bonds. The molecule has 0 aliphatic carbocycles. The second kappa shape index (κ2) is 7.96. The lowest BCUT2D eigenvalue weighted by Crippen LogP contribution is -2.07. The van der Waals surface area contributed by atoms with Crippen molar-refractivity contribution in [3.8, 4) is 17.1 Å². The van der Waals surface area contributed by atoms with Crippen molar-refractivity contribution < 1.29 is 0 Å². The van der Waals surface area contributed by atoms with Crippen molar-refractivity contribution in [1.29, 1.82) is 0 Å². The fraction of sp³-hybridized carbons (Fsp3) is 0.286. The van der Waals surface area contributed by atoms with Crippen LogP contribution in [0.3, 0.4) is 0 Å². The normalized spacial score (nSPS) is 11.5. The molecule has 0 fully saturated rings. The molecule has 4 heteroatoms. The molecule has 1 heterocycles. The highest BCUT2D eigenvalue weighted by Gasteiger charge is 2.18. The van der Waals surface area contributed by atoms with Crippen LogP contribution >= 0.6 is 30.1 Å². The third-order valence-electron chi connectivity index (χ3n) is 4.43. The topological polar surface area (TPSA) is 17.8 Å². The molecule has 2 aromatic carbocycles. The number of para-hydroxylation sites is 1. The van der Waals surface area contributed by atoms with Crippen LogP contribution in [0.1, 0.15) is 50.7 Å². The van der Waals surface area contributed by atoms with Gasteiger partial charge in [-0.1, -0.05) is 67.0 Å². The molecule has 0 spiro atoms. The first-order valence-electron chi connectivity index (χ1n) is 8.58. The van der Waals surface area contributed by atoms with Crippen LogP contribution in [0.2, 0.25) is 0 Å². The van der Waals surface area contributed by atoms with Gasteiger partial charge in [-0.2, -0.15) is 0 Å². The van der Waals surface area contributed by atoms with Gasteiger partial charge in [0.25, 0.3) is 0 Å². The van der Waals surface area contributed by atoms with E-state index in [2.05, 4.69) is 107 Å². The lowest BCUT2D eigenvalue weighted by atomic mass is 9.92. The molecule has 0 aliphatic heterocycles. The van der Waals surface area contributed by atoms with Gasteiger partial charge in [0.05, 0.1) is 5.69 Å². The van der Waals surface area contributed by atoms with E-state index >= 15 is 0 Å². The predicted molar refractivity (Wildman–Crippen MR) is 117 cm³/mol. The van der Waals surface area contributed by atoms with Gasteiger partial charge < -0.3 is 0 Å². The number of benzene rings is 2. The van der Waals surface area contributed by atoms with Gasteiger partial charge in [-0.05, 0) is 35.1 Å². The third kappa shape index (κ3) is 3.80. The van der Waals surface area contributed by atoms with Crippen molar-refractivity contribution in [2.24, 2.45) is 0 Å². The molecule has 0 atom stereocenters. The maximum atomic E-state index is 4.67. The summed E-state index contributed by atoms with van der Waals surface area (Å²) in [5.41, 5.74) is 5.16. The summed E-state index contributed by atoms with van der Waals surface area (Å²) < 4.78 is 2.26. The number of halogens is 1. The maximum absolute atomic E-state index is 4.67. The summed E-state index contributed by atoms with van der Waals surface area (Å²) >= 11 is 2.31. The summed E-state index contributed by atoms with van der Waals surface area (Å²) in [4.78, 5) is 5.93. The van der Waals surface area contributed by atoms with Crippen LogP contribution in [0.15, 0.2) is 59.8 Å². The first-order valence-corrected chi connectivity index (χ1v) is 11.9. The van der Waals surface area contributed by atoms with Gasteiger partial charge in [-0.15, -0.1) is 0 Å². The highest BCUT2D eigenvalue weighted by Crippen LogP contribution is 2.34. The molecule has 0 saturated heterocycles. The van der Waals surface area contributed by atoms with Crippen LogP contribution in [-0.4, -0.2) is 9.55 Å². The summed E-state index contributed by atoms with van der Waals surface area (Å²) in [5.74, 6) is 1.92. The molecular weight excluding hydrogens is 439 g/mol. The average molecular weight is 462 g/mol. The van der Waals surface area contributed by atoms with Gasteiger partial charge in [0.15, 0.2) is 0 Å². The van der Waals surface area contributed by atoms with Crippen molar-refractivity contribution in [2.45, 2.75) is 44.4 Å². The summed E-state index contributed by atoms with van der Waals surface area (Å²) in [6.45, 7) is 9.02. The molecule has 130 valence electrons. The number of aromatic nitrogens is 2. The highest BCUT2D eigenvalue weighted by molar-refractivity contribution is 14.2. The molecule has 0 N–H and O–H groups in total. The molecular formula is C21H23IN2S. The van der Waals surface area contributed by atoms with Crippen LogP contribution in [0.5, 0.6) is 0 Å². The molecule has 3 aromatic rings. The fourth-order valence-electron chi connectivity index (χ4n) is 3.14. The Labute approximate surface area is 166 Å². The lowest BCUT2D eigenvalue weighted by molar-refractivity contribution is 0.806. The molecule has 25 heavy (non-hydrogen) atoms. The first kappa shape index (κ1) is 18.5. The Morgan fingerprint density at radius 2 is 1.52 bits per heavy atom. The van der Waals surface area contributed by atoms with Crippen LogP contribution in [-0.2, 0) is 0 Å². The first-order chi connectivity index (χ1) is 12.0. The van der Waals surface area contributed by atoms with E-state index in [1.807, 2.05) is 6.20 Å². The summed E-state index contributed by atoms with van der Waals surface area (Å²) in [6.07, 6.45) is 3.99.